The van der Waals surface area contributed by atoms with E-state index in [0.29, 0.717) is 17.9 Å². The summed E-state index contributed by atoms with van der Waals surface area (Å²) < 4.78 is 0. The van der Waals surface area contributed by atoms with Crippen LogP contribution in [0.4, 0.5) is 17.1 Å². The minimum absolute atomic E-state index is 0.0372. The number of nitrogen functional groups attached to an aromatic ring is 1. The average Bonchev–Trinajstić information content (AvgIpc) is 2.58. The van der Waals surface area contributed by atoms with Crippen molar-refractivity contribution in [2.75, 3.05) is 22.5 Å². The quantitative estimate of drug-likeness (QED) is 0.502. The van der Waals surface area contributed by atoms with Crippen molar-refractivity contribution in [2.45, 2.75) is 13.8 Å². The van der Waals surface area contributed by atoms with Gasteiger partial charge in [-0.05, 0) is 55.8 Å². The van der Waals surface area contributed by atoms with E-state index < -0.39 is 5.91 Å². The molecule has 24 heavy (non-hydrogen) atoms. The van der Waals surface area contributed by atoms with E-state index in [1.807, 2.05) is 49.1 Å². The van der Waals surface area contributed by atoms with Gasteiger partial charge in [0.05, 0.1) is 0 Å². The van der Waals surface area contributed by atoms with Gasteiger partial charge in [0.25, 0.3) is 5.91 Å². The Kier molecular flexibility index (Phi) is 5.58. The maximum Gasteiger partial charge on any atom is 0.267 e. The Morgan fingerprint density at radius 1 is 1.29 bits per heavy atom. The first-order valence-corrected chi connectivity index (χ1v) is 7.65. The SMILES string of the molecule is CCN(/C=C(/C#N)C(=O)Nc1ccc(N)cc1)c1cccc(C)c1. The van der Waals surface area contributed by atoms with Crippen LogP contribution in [0.25, 0.3) is 0 Å². The summed E-state index contributed by atoms with van der Waals surface area (Å²) in [5, 5.41) is 12.0. The summed E-state index contributed by atoms with van der Waals surface area (Å²) in [4.78, 5) is 14.2. The number of rotatable bonds is 5. The zero-order valence-corrected chi connectivity index (χ0v) is 13.8. The molecular formula is C19H20N4O. The van der Waals surface area contributed by atoms with Crippen LogP contribution >= 0.6 is 0 Å². The van der Waals surface area contributed by atoms with E-state index >= 15 is 0 Å². The van der Waals surface area contributed by atoms with Gasteiger partial charge in [-0.15, -0.1) is 0 Å². The van der Waals surface area contributed by atoms with Crippen molar-refractivity contribution < 1.29 is 4.79 Å². The number of hydrogen-bond donors (Lipinski definition) is 2. The second-order valence-electron chi connectivity index (χ2n) is 5.36. The number of nitriles is 1. The maximum absolute atomic E-state index is 12.3. The molecule has 0 aromatic heterocycles. The highest BCUT2D eigenvalue weighted by Crippen LogP contribution is 2.18. The molecule has 0 aliphatic heterocycles. The van der Waals surface area contributed by atoms with Gasteiger partial charge in [-0.2, -0.15) is 5.26 Å². The first-order valence-electron chi connectivity index (χ1n) is 7.65. The second-order valence-corrected chi connectivity index (χ2v) is 5.36. The van der Waals surface area contributed by atoms with Crippen LogP contribution in [0, 0.1) is 18.3 Å². The maximum atomic E-state index is 12.3. The second kappa shape index (κ2) is 7.84. The van der Waals surface area contributed by atoms with Crippen molar-refractivity contribution >= 4 is 23.0 Å². The highest BCUT2D eigenvalue weighted by Gasteiger charge is 2.12. The molecule has 0 heterocycles. The van der Waals surface area contributed by atoms with E-state index in [4.69, 9.17) is 5.73 Å². The van der Waals surface area contributed by atoms with E-state index in [-0.39, 0.29) is 5.57 Å². The first-order chi connectivity index (χ1) is 11.5. The van der Waals surface area contributed by atoms with Crippen LogP contribution in [0.15, 0.2) is 60.3 Å². The fourth-order valence-electron chi connectivity index (χ4n) is 2.21. The van der Waals surface area contributed by atoms with E-state index in [0.717, 1.165) is 11.3 Å². The summed E-state index contributed by atoms with van der Waals surface area (Å²) in [6, 6.07) is 16.6. The summed E-state index contributed by atoms with van der Waals surface area (Å²) in [6.45, 7) is 4.61. The summed E-state index contributed by atoms with van der Waals surface area (Å²) >= 11 is 0. The topological polar surface area (TPSA) is 82.2 Å². The fraction of sp³-hybridized carbons (Fsp3) is 0.158. The van der Waals surface area contributed by atoms with Crippen molar-refractivity contribution in [3.63, 3.8) is 0 Å². The number of nitrogens with one attached hydrogen (secondary N) is 1. The molecule has 122 valence electrons. The lowest BCUT2D eigenvalue weighted by Gasteiger charge is -2.19. The van der Waals surface area contributed by atoms with Gasteiger partial charge in [0.2, 0.25) is 0 Å². The molecule has 2 aromatic carbocycles. The molecule has 0 saturated carbocycles. The van der Waals surface area contributed by atoms with Gasteiger partial charge in [-0.3, -0.25) is 4.79 Å². The smallest absolute Gasteiger partial charge is 0.267 e. The largest absolute Gasteiger partial charge is 0.399 e. The van der Waals surface area contributed by atoms with Gasteiger partial charge in [0.1, 0.15) is 11.6 Å². The highest BCUT2D eigenvalue weighted by molar-refractivity contribution is 6.06. The zero-order chi connectivity index (χ0) is 17.5. The van der Waals surface area contributed by atoms with Gasteiger partial charge in [0, 0.05) is 29.8 Å². The third kappa shape index (κ3) is 4.37. The Morgan fingerprint density at radius 3 is 2.58 bits per heavy atom. The molecule has 2 rings (SSSR count). The molecular weight excluding hydrogens is 300 g/mol. The molecule has 0 aliphatic carbocycles. The number of anilines is 3. The van der Waals surface area contributed by atoms with Crippen LogP contribution in [0.2, 0.25) is 0 Å². The molecule has 0 spiro atoms. The Hall–Kier alpha value is -3.26. The number of benzene rings is 2. The third-order valence-electron chi connectivity index (χ3n) is 3.49. The molecule has 0 unspecified atom stereocenters. The molecule has 0 saturated heterocycles. The monoisotopic (exact) mass is 320 g/mol. The Bertz CT molecular complexity index is 788. The van der Waals surface area contributed by atoms with Gasteiger partial charge < -0.3 is 16.0 Å². The van der Waals surface area contributed by atoms with E-state index in [1.165, 1.54) is 0 Å². The predicted molar refractivity (Wildman–Crippen MR) is 97.4 cm³/mol. The van der Waals surface area contributed by atoms with Crippen LogP contribution in [0.3, 0.4) is 0 Å². The average molecular weight is 320 g/mol. The molecule has 0 fully saturated rings. The van der Waals surface area contributed by atoms with Crippen molar-refractivity contribution in [1.82, 2.24) is 0 Å². The summed E-state index contributed by atoms with van der Waals surface area (Å²) in [5.41, 5.74) is 8.91. The predicted octanol–water partition coefficient (Wildman–Crippen LogP) is 3.45. The Labute approximate surface area is 142 Å². The Balaban J connectivity index is 2.21. The van der Waals surface area contributed by atoms with Gasteiger partial charge in [-0.1, -0.05) is 12.1 Å². The molecule has 5 nitrogen and oxygen atoms in total. The summed E-state index contributed by atoms with van der Waals surface area (Å²) in [7, 11) is 0. The first kappa shape index (κ1) is 17.1. The summed E-state index contributed by atoms with van der Waals surface area (Å²) in [6.07, 6.45) is 1.57. The van der Waals surface area contributed by atoms with Crippen LogP contribution in [-0.2, 0) is 4.79 Å². The molecule has 0 bridgehead atoms. The van der Waals surface area contributed by atoms with Crippen LogP contribution < -0.4 is 16.0 Å². The van der Waals surface area contributed by atoms with E-state index in [2.05, 4.69) is 5.32 Å². The van der Waals surface area contributed by atoms with Crippen molar-refractivity contribution in [3.8, 4) is 6.07 Å². The number of nitrogens with zero attached hydrogens (tertiary/aromatic N) is 2. The van der Waals surface area contributed by atoms with Gasteiger partial charge >= 0.3 is 0 Å². The van der Waals surface area contributed by atoms with Gasteiger partial charge in [0.15, 0.2) is 0 Å². The van der Waals surface area contributed by atoms with Crippen molar-refractivity contribution in [2.24, 2.45) is 0 Å². The Morgan fingerprint density at radius 2 is 2.00 bits per heavy atom. The molecule has 2 aromatic rings. The van der Waals surface area contributed by atoms with Crippen molar-refractivity contribution in [3.05, 3.63) is 65.9 Å². The molecule has 3 N–H and O–H groups in total. The normalized spacial score (nSPS) is 10.8. The fourth-order valence-corrected chi connectivity index (χ4v) is 2.21. The van der Waals surface area contributed by atoms with Gasteiger partial charge in [-0.25, -0.2) is 0 Å². The lowest BCUT2D eigenvalue weighted by atomic mass is 10.2. The number of amides is 1. The number of nitrogens with two attached hydrogens (primary N) is 1. The molecule has 5 heteroatoms. The number of hydrogen-bond acceptors (Lipinski definition) is 4. The minimum Gasteiger partial charge on any atom is -0.399 e. The lowest BCUT2D eigenvalue weighted by Crippen LogP contribution is -2.20. The molecule has 0 atom stereocenters. The van der Waals surface area contributed by atoms with Crippen molar-refractivity contribution in [1.29, 1.82) is 5.26 Å². The van der Waals surface area contributed by atoms with Crippen LogP contribution in [-0.4, -0.2) is 12.5 Å². The number of carbonyl (C=O) groups excluding carboxylic acids is 1. The van der Waals surface area contributed by atoms with E-state index in [1.54, 1.807) is 30.5 Å². The highest BCUT2D eigenvalue weighted by atomic mass is 16.1. The molecule has 0 aliphatic rings. The lowest BCUT2D eigenvalue weighted by molar-refractivity contribution is -0.112. The van der Waals surface area contributed by atoms with Crippen LogP contribution in [0.1, 0.15) is 12.5 Å². The molecule has 1 amide bonds. The van der Waals surface area contributed by atoms with Crippen LogP contribution in [0.5, 0.6) is 0 Å². The summed E-state index contributed by atoms with van der Waals surface area (Å²) in [5.74, 6) is -0.451. The third-order valence-corrected chi connectivity index (χ3v) is 3.49. The minimum atomic E-state index is -0.451. The van der Waals surface area contributed by atoms with E-state index in [9.17, 15) is 10.1 Å². The zero-order valence-electron chi connectivity index (χ0n) is 13.8. The number of aryl methyl sites for hydroxylation is 1. The standard InChI is InChI=1S/C19H20N4O/c1-3-23(18-6-4-5-14(2)11-18)13-15(12-20)19(24)22-17-9-7-16(21)8-10-17/h4-11,13H,3,21H2,1-2H3,(H,22,24)/b15-13-. The molecule has 0 radical (unpaired) electrons. The number of carbonyl (C=O) groups is 1.